The summed E-state index contributed by atoms with van der Waals surface area (Å²) in [6, 6.07) is 28.7. The summed E-state index contributed by atoms with van der Waals surface area (Å²) in [5.41, 5.74) is 8.55. The van der Waals surface area contributed by atoms with E-state index in [0.29, 0.717) is 6.04 Å². The number of nitrogens with zero attached hydrogens (tertiary/aromatic N) is 1. The lowest BCUT2D eigenvalue weighted by Crippen LogP contribution is -2.23. The zero-order valence-corrected chi connectivity index (χ0v) is 18.3. The van der Waals surface area contributed by atoms with E-state index in [0.717, 1.165) is 17.6 Å². The second-order valence-corrected chi connectivity index (χ2v) is 8.84. The Labute approximate surface area is 185 Å². The van der Waals surface area contributed by atoms with Crippen molar-refractivity contribution in [1.82, 2.24) is 4.98 Å². The molecule has 156 valence electrons. The Kier molecular flexibility index (Phi) is 5.71. The van der Waals surface area contributed by atoms with E-state index in [4.69, 9.17) is 4.98 Å². The third kappa shape index (κ3) is 4.34. The van der Waals surface area contributed by atoms with Crippen LogP contribution in [0.2, 0.25) is 0 Å². The Morgan fingerprint density at radius 1 is 0.839 bits per heavy atom. The molecule has 1 heterocycles. The van der Waals surface area contributed by atoms with Crippen LogP contribution in [0.5, 0.6) is 0 Å². The lowest BCUT2D eigenvalue weighted by molar-refractivity contribution is 0.463. The van der Waals surface area contributed by atoms with Crippen LogP contribution in [0.15, 0.2) is 78.9 Å². The van der Waals surface area contributed by atoms with Crippen molar-refractivity contribution in [3.05, 3.63) is 95.7 Å². The summed E-state index contributed by atoms with van der Waals surface area (Å²) >= 11 is 0. The SMILES string of the molecule is Cc1ccc2nc(Cc3ccccc3)c(-c3ccccc3)c(NC3CCCCC3)c2c1. The van der Waals surface area contributed by atoms with Crippen molar-refractivity contribution in [2.45, 2.75) is 51.5 Å². The third-order valence-corrected chi connectivity index (χ3v) is 6.45. The quantitative estimate of drug-likeness (QED) is 0.370. The first-order chi connectivity index (χ1) is 15.3. The summed E-state index contributed by atoms with van der Waals surface area (Å²) in [5.74, 6) is 0. The fraction of sp³-hybridized carbons (Fsp3) is 0.276. The number of hydrogen-bond donors (Lipinski definition) is 1. The maximum Gasteiger partial charge on any atom is 0.0726 e. The van der Waals surface area contributed by atoms with Gasteiger partial charge < -0.3 is 5.32 Å². The van der Waals surface area contributed by atoms with Crippen LogP contribution >= 0.6 is 0 Å². The number of pyridine rings is 1. The topological polar surface area (TPSA) is 24.9 Å². The van der Waals surface area contributed by atoms with Gasteiger partial charge in [0.25, 0.3) is 0 Å². The van der Waals surface area contributed by atoms with E-state index in [1.807, 2.05) is 0 Å². The van der Waals surface area contributed by atoms with Crippen LogP contribution in [-0.2, 0) is 6.42 Å². The van der Waals surface area contributed by atoms with Crippen molar-refractivity contribution >= 4 is 16.6 Å². The molecule has 0 spiro atoms. The zero-order chi connectivity index (χ0) is 21.0. The number of rotatable bonds is 5. The Bertz CT molecular complexity index is 1160. The third-order valence-electron chi connectivity index (χ3n) is 6.45. The van der Waals surface area contributed by atoms with Gasteiger partial charge in [0.1, 0.15) is 0 Å². The van der Waals surface area contributed by atoms with E-state index < -0.39 is 0 Å². The summed E-state index contributed by atoms with van der Waals surface area (Å²) in [4.78, 5) is 5.20. The molecule has 5 rings (SSSR count). The normalized spacial score (nSPS) is 14.6. The number of aryl methyl sites for hydroxylation is 1. The van der Waals surface area contributed by atoms with E-state index in [2.05, 4.69) is 91.1 Å². The summed E-state index contributed by atoms with van der Waals surface area (Å²) in [5, 5.41) is 5.24. The number of benzene rings is 3. The van der Waals surface area contributed by atoms with Crippen LogP contribution < -0.4 is 5.32 Å². The number of anilines is 1. The molecule has 1 N–H and O–H groups in total. The predicted octanol–water partition coefficient (Wildman–Crippen LogP) is 7.55. The highest BCUT2D eigenvalue weighted by Crippen LogP contribution is 2.39. The second-order valence-electron chi connectivity index (χ2n) is 8.84. The van der Waals surface area contributed by atoms with Gasteiger partial charge >= 0.3 is 0 Å². The minimum Gasteiger partial charge on any atom is -0.381 e. The standard InChI is InChI=1S/C29H30N2/c1-21-17-18-26-25(19-21)29(30-24-15-9-4-10-16-24)28(23-13-7-3-8-14-23)27(31-26)20-22-11-5-2-6-12-22/h2-3,5-8,11-14,17-19,24H,4,9-10,15-16,20H2,1H3,(H,30,31). The molecule has 0 aliphatic heterocycles. The molecule has 0 amide bonds. The van der Waals surface area contributed by atoms with E-state index in [1.54, 1.807) is 0 Å². The molecule has 4 aromatic rings. The highest BCUT2D eigenvalue weighted by Gasteiger charge is 2.21. The fourth-order valence-electron chi connectivity index (χ4n) is 4.86. The zero-order valence-electron chi connectivity index (χ0n) is 18.3. The van der Waals surface area contributed by atoms with Crippen LogP contribution in [-0.4, -0.2) is 11.0 Å². The Morgan fingerprint density at radius 2 is 1.55 bits per heavy atom. The van der Waals surface area contributed by atoms with E-state index >= 15 is 0 Å². The van der Waals surface area contributed by atoms with Crippen molar-refractivity contribution in [2.75, 3.05) is 5.32 Å². The molecule has 2 heteroatoms. The predicted molar refractivity (Wildman–Crippen MR) is 132 cm³/mol. The van der Waals surface area contributed by atoms with Gasteiger partial charge in [-0.05, 0) is 43.0 Å². The van der Waals surface area contributed by atoms with Gasteiger partial charge in [-0.15, -0.1) is 0 Å². The van der Waals surface area contributed by atoms with Crippen LogP contribution in [0, 0.1) is 6.92 Å². The van der Waals surface area contributed by atoms with Crippen LogP contribution in [0.25, 0.3) is 22.0 Å². The highest BCUT2D eigenvalue weighted by atomic mass is 14.9. The minimum atomic E-state index is 0.534. The highest BCUT2D eigenvalue weighted by molar-refractivity contribution is 6.01. The maximum absolute atomic E-state index is 5.20. The number of nitrogens with one attached hydrogen (secondary N) is 1. The first-order valence-electron chi connectivity index (χ1n) is 11.6. The molecule has 0 unspecified atom stereocenters. The van der Waals surface area contributed by atoms with Gasteiger partial charge in [0.15, 0.2) is 0 Å². The van der Waals surface area contributed by atoms with Gasteiger partial charge in [-0.2, -0.15) is 0 Å². The molecule has 1 aromatic heterocycles. The van der Waals surface area contributed by atoms with Gasteiger partial charge in [-0.3, -0.25) is 4.98 Å². The van der Waals surface area contributed by atoms with Gasteiger partial charge in [0.05, 0.1) is 16.9 Å². The number of hydrogen-bond acceptors (Lipinski definition) is 2. The first kappa shape index (κ1) is 19.8. The molecule has 0 atom stereocenters. The molecule has 1 saturated carbocycles. The molecule has 0 bridgehead atoms. The largest absolute Gasteiger partial charge is 0.381 e. The molecule has 1 fully saturated rings. The smallest absolute Gasteiger partial charge is 0.0726 e. The Balaban J connectivity index is 1.73. The summed E-state index contributed by atoms with van der Waals surface area (Å²) in [6.45, 7) is 2.17. The fourth-order valence-corrected chi connectivity index (χ4v) is 4.86. The van der Waals surface area contributed by atoms with Crippen LogP contribution in [0.4, 0.5) is 5.69 Å². The lowest BCUT2D eigenvalue weighted by Gasteiger charge is -2.27. The molecule has 31 heavy (non-hydrogen) atoms. The van der Waals surface area contributed by atoms with Gasteiger partial charge in [-0.1, -0.05) is 91.6 Å². The molecule has 2 nitrogen and oxygen atoms in total. The van der Waals surface area contributed by atoms with E-state index in [-0.39, 0.29) is 0 Å². The van der Waals surface area contributed by atoms with Crippen molar-refractivity contribution in [1.29, 1.82) is 0 Å². The van der Waals surface area contributed by atoms with Crippen LogP contribution in [0.1, 0.15) is 48.9 Å². The Hall–Kier alpha value is -3.13. The number of fused-ring (bicyclic) bond motifs is 1. The van der Waals surface area contributed by atoms with Crippen molar-refractivity contribution in [3.8, 4) is 11.1 Å². The van der Waals surface area contributed by atoms with Gasteiger partial charge in [0.2, 0.25) is 0 Å². The lowest BCUT2D eigenvalue weighted by atomic mass is 9.92. The monoisotopic (exact) mass is 406 g/mol. The van der Waals surface area contributed by atoms with Crippen LogP contribution in [0.3, 0.4) is 0 Å². The molecular weight excluding hydrogens is 376 g/mol. The molecule has 1 aliphatic rings. The maximum atomic E-state index is 5.20. The molecule has 1 aliphatic carbocycles. The van der Waals surface area contributed by atoms with Gasteiger partial charge in [0, 0.05) is 23.4 Å². The van der Waals surface area contributed by atoms with Crippen molar-refractivity contribution in [3.63, 3.8) is 0 Å². The molecule has 0 radical (unpaired) electrons. The van der Waals surface area contributed by atoms with E-state index in [9.17, 15) is 0 Å². The summed E-state index contributed by atoms with van der Waals surface area (Å²) < 4.78 is 0. The molecule has 0 saturated heterocycles. The molecular formula is C29H30N2. The van der Waals surface area contributed by atoms with E-state index in [1.165, 1.54) is 65.4 Å². The summed E-state index contributed by atoms with van der Waals surface area (Å²) in [7, 11) is 0. The van der Waals surface area contributed by atoms with Crippen molar-refractivity contribution in [2.24, 2.45) is 0 Å². The summed E-state index contributed by atoms with van der Waals surface area (Å²) in [6.07, 6.45) is 7.32. The Morgan fingerprint density at radius 3 is 2.29 bits per heavy atom. The van der Waals surface area contributed by atoms with Crippen molar-refractivity contribution < 1.29 is 0 Å². The average Bonchev–Trinajstić information content (AvgIpc) is 2.81. The van der Waals surface area contributed by atoms with Gasteiger partial charge in [-0.25, -0.2) is 0 Å². The first-order valence-corrected chi connectivity index (χ1v) is 11.6. The second kappa shape index (κ2) is 8.93. The molecule has 3 aromatic carbocycles. The number of aromatic nitrogens is 1. The average molecular weight is 407 g/mol. The minimum absolute atomic E-state index is 0.534.